The average Bonchev–Trinajstić information content (AvgIpc) is 2.86. The van der Waals surface area contributed by atoms with Crippen molar-refractivity contribution in [3.63, 3.8) is 0 Å². The average molecular weight is 473 g/mol. The molecule has 0 amide bonds. The molecule has 0 saturated heterocycles. The van der Waals surface area contributed by atoms with Crippen LogP contribution in [0.25, 0.3) is 0 Å². The predicted molar refractivity (Wildman–Crippen MR) is 154 cm³/mol. The zero-order valence-corrected chi connectivity index (χ0v) is 23.4. The van der Waals surface area contributed by atoms with Crippen LogP contribution >= 0.6 is 0 Å². The molecule has 0 saturated carbocycles. The minimum Gasteiger partial charge on any atom is -0.316 e. The number of hydrogen-bond donors (Lipinski definition) is 2. The molecule has 0 heterocycles. The Morgan fingerprint density at radius 2 is 0.941 bits per heavy atom. The van der Waals surface area contributed by atoms with E-state index in [1.165, 1.54) is 127 Å². The zero-order valence-electron chi connectivity index (χ0n) is 23.4. The summed E-state index contributed by atoms with van der Waals surface area (Å²) >= 11 is 0. The number of rotatable bonds is 25. The van der Waals surface area contributed by atoms with E-state index in [-0.39, 0.29) is 0 Å². The lowest BCUT2D eigenvalue weighted by atomic mass is 9.94. The van der Waals surface area contributed by atoms with Crippen LogP contribution in [0.15, 0.2) is 24.3 Å². The largest absolute Gasteiger partial charge is 0.316 e. The fourth-order valence-electron chi connectivity index (χ4n) is 4.87. The number of hydrogen-bond acceptors (Lipinski definition) is 2. The highest BCUT2D eigenvalue weighted by atomic mass is 14.9. The van der Waals surface area contributed by atoms with E-state index >= 15 is 0 Å². The highest BCUT2D eigenvalue weighted by molar-refractivity contribution is 5.23. The fraction of sp³-hybridized carbons (Fsp3) is 0.812. The first kappa shape index (κ1) is 31.2. The van der Waals surface area contributed by atoms with Crippen molar-refractivity contribution in [1.29, 1.82) is 0 Å². The van der Waals surface area contributed by atoms with Crippen molar-refractivity contribution in [2.75, 3.05) is 26.2 Å². The van der Waals surface area contributed by atoms with Crippen LogP contribution < -0.4 is 10.6 Å². The van der Waals surface area contributed by atoms with Crippen LogP contribution in [0.1, 0.15) is 135 Å². The van der Waals surface area contributed by atoms with Crippen LogP contribution in [0.2, 0.25) is 0 Å². The Morgan fingerprint density at radius 3 is 1.47 bits per heavy atom. The Bertz CT molecular complexity index is 512. The standard InChI is InChI=1S/C32H60N2/c1-4-7-10-13-14-17-26-33-27-24-30-20-22-31(23-21-30)25-28-34-29-32(18-15-11-8-5-2)19-16-12-9-6-3/h20-23,32-34H,4-19,24-29H2,1-3H3. The third-order valence-corrected chi connectivity index (χ3v) is 7.28. The summed E-state index contributed by atoms with van der Waals surface area (Å²) in [5.41, 5.74) is 2.94. The third kappa shape index (κ3) is 18.5. The number of unbranched alkanes of at least 4 members (excludes halogenated alkanes) is 11. The molecule has 0 unspecified atom stereocenters. The molecule has 0 bridgehead atoms. The van der Waals surface area contributed by atoms with Crippen molar-refractivity contribution in [3.8, 4) is 0 Å². The lowest BCUT2D eigenvalue weighted by Gasteiger charge is -2.18. The van der Waals surface area contributed by atoms with Gasteiger partial charge in [-0.25, -0.2) is 0 Å². The molecule has 0 aliphatic carbocycles. The van der Waals surface area contributed by atoms with Gasteiger partial charge in [0.2, 0.25) is 0 Å². The zero-order chi connectivity index (χ0) is 24.5. The van der Waals surface area contributed by atoms with Gasteiger partial charge in [-0.05, 0) is 75.3 Å². The predicted octanol–water partition coefficient (Wildman–Crippen LogP) is 8.87. The highest BCUT2D eigenvalue weighted by Gasteiger charge is 2.08. The molecular weight excluding hydrogens is 412 g/mol. The molecule has 34 heavy (non-hydrogen) atoms. The Hall–Kier alpha value is -0.860. The van der Waals surface area contributed by atoms with Crippen molar-refractivity contribution < 1.29 is 0 Å². The van der Waals surface area contributed by atoms with Crippen molar-refractivity contribution in [2.45, 2.75) is 136 Å². The summed E-state index contributed by atoms with van der Waals surface area (Å²) in [5.74, 6) is 0.875. The second-order valence-corrected chi connectivity index (χ2v) is 10.6. The lowest BCUT2D eigenvalue weighted by molar-refractivity contribution is 0.385. The maximum absolute atomic E-state index is 3.79. The molecule has 198 valence electrons. The molecule has 1 rings (SSSR count). The molecule has 0 spiro atoms. The first-order valence-electron chi connectivity index (χ1n) is 15.3. The summed E-state index contributed by atoms with van der Waals surface area (Å²) in [6.45, 7) is 11.5. The molecule has 0 radical (unpaired) electrons. The summed E-state index contributed by atoms with van der Waals surface area (Å²) in [4.78, 5) is 0. The molecule has 1 aromatic rings. The van der Waals surface area contributed by atoms with Gasteiger partial charge in [-0.1, -0.05) is 129 Å². The van der Waals surface area contributed by atoms with Gasteiger partial charge in [0.05, 0.1) is 0 Å². The van der Waals surface area contributed by atoms with Crippen molar-refractivity contribution in [2.24, 2.45) is 5.92 Å². The van der Waals surface area contributed by atoms with E-state index in [0.29, 0.717) is 0 Å². The highest BCUT2D eigenvalue weighted by Crippen LogP contribution is 2.18. The molecule has 0 aromatic heterocycles. The topological polar surface area (TPSA) is 24.1 Å². The van der Waals surface area contributed by atoms with E-state index in [1.807, 2.05) is 0 Å². The van der Waals surface area contributed by atoms with Crippen LogP contribution in [0.4, 0.5) is 0 Å². The minimum atomic E-state index is 0.875. The van der Waals surface area contributed by atoms with Gasteiger partial charge in [-0.2, -0.15) is 0 Å². The summed E-state index contributed by atoms with van der Waals surface area (Å²) < 4.78 is 0. The Balaban J connectivity index is 2.15. The van der Waals surface area contributed by atoms with Gasteiger partial charge < -0.3 is 10.6 Å². The van der Waals surface area contributed by atoms with Gasteiger partial charge in [-0.15, -0.1) is 0 Å². The minimum absolute atomic E-state index is 0.875. The molecule has 2 N–H and O–H groups in total. The Labute approximate surface area is 214 Å². The Morgan fingerprint density at radius 1 is 0.500 bits per heavy atom. The van der Waals surface area contributed by atoms with Crippen molar-refractivity contribution in [1.82, 2.24) is 10.6 Å². The van der Waals surface area contributed by atoms with Gasteiger partial charge >= 0.3 is 0 Å². The van der Waals surface area contributed by atoms with Crippen LogP contribution in [0, 0.1) is 5.92 Å². The molecule has 1 aromatic carbocycles. The molecule has 0 aliphatic rings. The van der Waals surface area contributed by atoms with E-state index in [4.69, 9.17) is 0 Å². The summed E-state index contributed by atoms with van der Waals surface area (Å²) in [7, 11) is 0. The lowest BCUT2D eigenvalue weighted by Crippen LogP contribution is -2.25. The number of benzene rings is 1. The number of nitrogens with one attached hydrogen (secondary N) is 2. The van der Waals surface area contributed by atoms with E-state index in [2.05, 4.69) is 55.7 Å². The van der Waals surface area contributed by atoms with Crippen molar-refractivity contribution in [3.05, 3.63) is 35.4 Å². The van der Waals surface area contributed by atoms with E-state index in [1.54, 1.807) is 0 Å². The molecule has 0 aliphatic heterocycles. The van der Waals surface area contributed by atoms with E-state index in [0.717, 1.165) is 31.8 Å². The maximum Gasteiger partial charge on any atom is -0.000824 e. The smallest absolute Gasteiger partial charge is 0.000824 e. The van der Waals surface area contributed by atoms with Crippen LogP contribution in [0.5, 0.6) is 0 Å². The van der Waals surface area contributed by atoms with Crippen LogP contribution in [-0.4, -0.2) is 26.2 Å². The molecule has 2 heteroatoms. The summed E-state index contributed by atoms with van der Waals surface area (Å²) in [5, 5.41) is 7.41. The molecule has 2 nitrogen and oxygen atoms in total. The second-order valence-electron chi connectivity index (χ2n) is 10.6. The molecule has 0 atom stereocenters. The van der Waals surface area contributed by atoms with Crippen LogP contribution in [0.3, 0.4) is 0 Å². The summed E-state index contributed by atoms with van der Waals surface area (Å²) in [6.07, 6.45) is 24.6. The normalized spacial score (nSPS) is 11.5. The van der Waals surface area contributed by atoms with Gasteiger partial charge in [0, 0.05) is 0 Å². The third-order valence-electron chi connectivity index (χ3n) is 7.28. The fourth-order valence-corrected chi connectivity index (χ4v) is 4.87. The van der Waals surface area contributed by atoms with E-state index < -0.39 is 0 Å². The van der Waals surface area contributed by atoms with Gasteiger partial charge in [0.1, 0.15) is 0 Å². The first-order valence-corrected chi connectivity index (χ1v) is 15.3. The van der Waals surface area contributed by atoms with Gasteiger partial charge in [0.15, 0.2) is 0 Å². The molecule has 0 fully saturated rings. The Kier molecular flexibility index (Phi) is 21.9. The maximum atomic E-state index is 3.79. The van der Waals surface area contributed by atoms with Gasteiger partial charge in [0.25, 0.3) is 0 Å². The first-order chi connectivity index (χ1) is 16.8. The van der Waals surface area contributed by atoms with Gasteiger partial charge in [-0.3, -0.25) is 0 Å². The van der Waals surface area contributed by atoms with Crippen molar-refractivity contribution >= 4 is 0 Å². The summed E-state index contributed by atoms with van der Waals surface area (Å²) in [6, 6.07) is 9.37. The second kappa shape index (κ2) is 23.9. The SMILES string of the molecule is CCCCCCCCNCCc1ccc(CCNCC(CCCCCC)CCCCCC)cc1. The quantitative estimate of drug-likeness (QED) is 0.139. The van der Waals surface area contributed by atoms with Crippen LogP contribution in [-0.2, 0) is 12.8 Å². The molecular formula is C32H60N2. The monoisotopic (exact) mass is 472 g/mol. The van der Waals surface area contributed by atoms with E-state index in [9.17, 15) is 0 Å².